The number of hydrogen-bond donors (Lipinski definition) is 0. The van der Waals surface area contributed by atoms with E-state index >= 15 is 0 Å². The molecule has 2 heterocycles. The van der Waals surface area contributed by atoms with Crippen LogP contribution in [0.4, 0.5) is 13.2 Å². The second-order valence-corrected chi connectivity index (χ2v) is 3.84. The Morgan fingerprint density at radius 2 is 2.00 bits per heavy atom. The molecule has 0 atom stereocenters. The SMILES string of the molecule is Cc1nc2cccc(C(F)(F)F)n2c1Br. The van der Waals surface area contributed by atoms with E-state index in [0.717, 1.165) is 10.5 Å². The molecule has 2 aromatic heterocycles. The third-order valence-corrected chi connectivity index (χ3v) is 2.97. The molecule has 15 heavy (non-hydrogen) atoms. The van der Waals surface area contributed by atoms with E-state index in [1.807, 2.05) is 0 Å². The number of hydrogen-bond acceptors (Lipinski definition) is 1. The van der Waals surface area contributed by atoms with Gasteiger partial charge >= 0.3 is 6.18 Å². The molecule has 2 aromatic rings. The van der Waals surface area contributed by atoms with Crippen LogP contribution >= 0.6 is 15.9 Å². The molecule has 0 unspecified atom stereocenters. The van der Waals surface area contributed by atoms with Gasteiger partial charge in [0.1, 0.15) is 15.9 Å². The maximum Gasteiger partial charge on any atom is 0.431 e. The fraction of sp³-hybridized carbons (Fsp3) is 0.222. The quantitative estimate of drug-likeness (QED) is 0.722. The molecule has 0 spiro atoms. The Labute approximate surface area is 91.9 Å². The minimum absolute atomic E-state index is 0.286. The monoisotopic (exact) mass is 278 g/mol. The normalized spacial score (nSPS) is 12.3. The lowest BCUT2D eigenvalue weighted by atomic mass is 10.3. The van der Waals surface area contributed by atoms with Crippen LogP contribution < -0.4 is 0 Å². The van der Waals surface area contributed by atoms with E-state index in [-0.39, 0.29) is 5.65 Å². The maximum absolute atomic E-state index is 12.6. The summed E-state index contributed by atoms with van der Waals surface area (Å²) in [6.07, 6.45) is -4.38. The van der Waals surface area contributed by atoms with Crippen LogP contribution in [0, 0.1) is 6.92 Å². The van der Waals surface area contributed by atoms with Gasteiger partial charge in [0, 0.05) is 0 Å². The second-order valence-electron chi connectivity index (χ2n) is 3.09. The summed E-state index contributed by atoms with van der Waals surface area (Å²) >= 11 is 3.09. The number of imidazole rings is 1. The number of aromatic nitrogens is 2. The average Bonchev–Trinajstić information content (AvgIpc) is 2.41. The molecule has 6 heteroatoms. The molecule has 0 fully saturated rings. The molecule has 80 valence electrons. The average molecular weight is 279 g/mol. The molecule has 0 aliphatic rings. The topological polar surface area (TPSA) is 17.3 Å². The lowest BCUT2D eigenvalue weighted by molar-refractivity contribution is -0.142. The standard InChI is InChI=1S/C9H6BrF3N2/c1-5-8(10)15-6(9(11,12)13)3-2-4-7(15)14-5/h2-4H,1H3. The van der Waals surface area contributed by atoms with E-state index in [1.54, 1.807) is 6.92 Å². The summed E-state index contributed by atoms with van der Waals surface area (Å²) in [6, 6.07) is 3.91. The van der Waals surface area contributed by atoms with Crippen molar-refractivity contribution in [3.63, 3.8) is 0 Å². The molecule has 0 aliphatic heterocycles. The van der Waals surface area contributed by atoms with Gasteiger partial charge < -0.3 is 0 Å². The van der Waals surface area contributed by atoms with Crippen LogP contribution in [0.5, 0.6) is 0 Å². The second kappa shape index (κ2) is 3.23. The minimum atomic E-state index is -4.38. The zero-order chi connectivity index (χ0) is 11.2. The third-order valence-electron chi connectivity index (χ3n) is 2.04. The fourth-order valence-corrected chi connectivity index (χ4v) is 1.85. The van der Waals surface area contributed by atoms with Crippen LogP contribution in [0.3, 0.4) is 0 Å². The van der Waals surface area contributed by atoms with Crippen LogP contribution in [0.1, 0.15) is 11.4 Å². The minimum Gasteiger partial charge on any atom is -0.282 e. The van der Waals surface area contributed by atoms with Gasteiger partial charge in [0.25, 0.3) is 0 Å². The van der Waals surface area contributed by atoms with Gasteiger partial charge in [-0.15, -0.1) is 0 Å². The van der Waals surface area contributed by atoms with Crippen molar-refractivity contribution in [1.82, 2.24) is 9.38 Å². The zero-order valence-electron chi connectivity index (χ0n) is 7.64. The number of alkyl halides is 3. The van der Waals surface area contributed by atoms with Crippen LogP contribution in [-0.4, -0.2) is 9.38 Å². The Morgan fingerprint density at radius 1 is 1.33 bits per heavy atom. The van der Waals surface area contributed by atoms with Crippen molar-refractivity contribution in [3.8, 4) is 0 Å². The van der Waals surface area contributed by atoms with Gasteiger partial charge in [0.15, 0.2) is 0 Å². The predicted octanol–water partition coefficient (Wildman–Crippen LogP) is 3.42. The van der Waals surface area contributed by atoms with Crippen LogP contribution in [0.15, 0.2) is 22.8 Å². The molecule has 2 nitrogen and oxygen atoms in total. The van der Waals surface area contributed by atoms with E-state index in [2.05, 4.69) is 20.9 Å². The highest BCUT2D eigenvalue weighted by atomic mass is 79.9. The highest BCUT2D eigenvalue weighted by Crippen LogP contribution is 2.32. The van der Waals surface area contributed by atoms with Crippen molar-refractivity contribution in [3.05, 3.63) is 34.2 Å². The molecule has 0 radical (unpaired) electrons. The van der Waals surface area contributed by atoms with E-state index in [1.165, 1.54) is 12.1 Å². The Hall–Kier alpha value is -1.04. The van der Waals surface area contributed by atoms with E-state index in [0.29, 0.717) is 10.3 Å². The Bertz CT molecular complexity index is 516. The highest BCUT2D eigenvalue weighted by Gasteiger charge is 2.34. The number of rotatable bonds is 0. The summed E-state index contributed by atoms with van der Waals surface area (Å²) < 4.78 is 39.3. The van der Waals surface area contributed by atoms with Crippen LogP contribution in [-0.2, 0) is 6.18 Å². The number of halogens is 4. The fourth-order valence-electron chi connectivity index (χ4n) is 1.39. The highest BCUT2D eigenvalue weighted by molar-refractivity contribution is 9.10. The van der Waals surface area contributed by atoms with E-state index in [9.17, 15) is 13.2 Å². The maximum atomic E-state index is 12.6. The zero-order valence-corrected chi connectivity index (χ0v) is 9.22. The first kappa shape index (κ1) is 10.5. The Kier molecular flexibility index (Phi) is 2.26. The number of fused-ring (bicyclic) bond motifs is 1. The molecule has 0 aromatic carbocycles. The van der Waals surface area contributed by atoms with Gasteiger partial charge in [-0.3, -0.25) is 4.40 Å². The van der Waals surface area contributed by atoms with Crippen molar-refractivity contribution in [1.29, 1.82) is 0 Å². The van der Waals surface area contributed by atoms with Crippen LogP contribution in [0.25, 0.3) is 5.65 Å². The molecule has 2 rings (SSSR count). The lowest BCUT2D eigenvalue weighted by Gasteiger charge is -2.09. The first-order chi connectivity index (χ1) is 6.91. The molecule has 0 saturated heterocycles. The summed E-state index contributed by atoms with van der Waals surface area (Å²) in [5, 5.41) is 0. The van der Waals surface area contributed by atoms with Crippen molar-refractivity contribution >= 4 is 21.6 Å². The number of aryl methyl sites for hydroxylation is 1. The van der Waals surface area contributed by atoms with Gasteiger partial charge in [-0.1, -0.05) is 6.07 Å². The molecule has 0 aliphatic carbocycles. The van der Waals surface area contributed by atoms with Crippen LogP contribution in [0.2, 0.25) is 0 Å². The molecule has 0 saturated carbocycles. The van der Waals surface area contributed by atoms with E-state index < -0.39 is 11.9 Å². The third kappa shape index (κ3) is 1.62. The summed E-state index contributed by atoms with van der Waals surface area (Å²) in [7, 11) is 0. The summed E-state index contributed by atoms with van der Waals surface area (Å²) in [5.74, 6) is 0. The van der Waals surface area contributed by atoms with Gasteiger partial charge in [0.2, 0.25) is 0 Å². The van der Waals surface area contributed by atoms with Crippen molar-refractivity contribution < 1.29 is 13.2 Å². The van der Waals surface area contributed by atoms with Gasteiger partial charge in [-0.05, 0) is 35.0 Å². The van der Waals surface area contributed by atoms with E-state index in [4.69, 9.17) is 0 Å². The van der Waals surface area contributed by atoms with Gasteiger partial charge in [-0.25, -0.2) is 4.98 Å². The molecule has 0 bridgehead atoms. The lowest BCUT2D eigenvalue weighted by Crippen LogP contribution is -2.11. The van der Waals surface area contributed by atoms with Gasteiger partial charge in [-0.2, -0.15) is 13.2 Å². The summed E-state index contributed by atoms with van der Waals surface area (Å²) in [5.41, 5.74) is 0.0911. The first-order valence-electron chi connectivity index (χ1n) is 4.12. The Balaban J connectivity index is 2.86. The smallest absolute Gasteiger partial charge is 0.282 e. The number of pyridine rings is 1. The largest absolute Gasteiger partial charge is 0.431 e. The van der Waals surface area contributed by atoms with Crippen molar-refractivity contribution in [2.45, 2.75) is 13.1 Å². The molecular weight excluding hydrogens is 273 g/mol. The predicted molar refractivity (Wildman–Crippen MR) is 52.6 cm³/mol. The summed E-state index contributed by atoms with van der Waals surface area (Å²) in [6.45, 7) is 1.65. The molecule has 0 amide bonds. The van der Waals surface area contributed by atoms with Crippen molar-refractivity contribution in [2.24, 2.45) is 0 Å². The van der Waals surface area contributed by atoms with Gasteiger partial charge in [0.05, 0.1) is 5.69 Å². The molecular formula is C9H6BrF3N2. The van der Waals surface area contributed by atoms with Crippen molar-refractivity contribution in [2.75, 3.05) is 0 Å². The summed E-state index contributed by atoms with van der Waals surface area (Å²) in [4.78, 5) is 4.00. The first-order valence-corrected chi connectivity index (χ1v) is 4.91. The Morgan fingerprint density at radius 3 is 2.60 bits per heavy atom. The number of nitrogens with zero attached hydrogens (tertiary/aromatic N) is 2. The molecule has 0 N–H and O–H groups in total.